The number of nitrogens with one attached hydrogen (secondary N) is 1. The fourth-order valence-electron chi connectivity index (χ4n) is 2.34. The predicted octanol–water partition coefficient (Wildman–Crippen LogP) is 3.16. The average molecular weight is 315 g/mol. The van der Waals surface area contributed by atoms with Crippen molar-refractivity contribution < 1.29 is 4.39 Å². The van der Waals surface area contributed by atoms with Crippen LogP contribution in [0, 0.1) is 5.82 Å². The van der Waals surface area contributed by atoms with Gasteiger partial charge in [-0.2, -0.15) is 0 Å². The number of hydrogen-bond acceptors (Lipinski definition) is 2. The maximum Gasteiger partial charge on any atom is 0.137 e. The van der Waals surface area contributed by atoms with Gasteiger partial charge in [0.2, 0.25) is 0 Å². The molecule has 2 rings (SSSR count). The van der Waals surface area contributed by atoms with Crippen LogP contribution in [0.4, 0.5) is 4.39 Å². The maximum atomic E-state index is 13.3. The molecule has 1 aliphatic heterocycles. The molecule has 0 aromatic heterocycles. The maximum absolute atomic E-state index is 13.3. The molecular weight excluding hydrogens is 295 g/mol. The molecule has 0 amide bonds. The summed E-state index contributed by atoms with van der Waals surface area (Å²) in [7, 11) is 0. The van der Waals surface area contributed by atoms with Crippen molar-refractivity contribution in [3.63, 3.8) is 0 Å². The van der Waals surface area contributed by atoms with Crippen molar-refractivity contribution in [1.82, 2.24) is 10.2 Å². The molecule has 1 heterocycles. The van der Waals surface area contributed by atoms with Crippen molar-refractivity contribution >= 4 is 15.9 Å². The smallest absolute Gasteiger partial charge is 0.137 e. The van der Waals surface area contributed by atoms with E-state index < -0.39 is 0 Å². The minimum absolute atomic E-state index is 0.189. The molecule has 1 fully saturated rings. The summed E-state index contributed by atoms with van der Waals surface area (Å²) in [5, 5.41) is 3.37. The Labute approximate surface area is 117 Å². The van der Waals surface area contributed by atoms with Crippen LogP contribution in [0.2, 0.25) is 0 Å². The topological polar surface area (TPSA) is 15.3 Å². The van der Waals surface area contributed by atoms with Gasteiger partial charge in [-0.05, 0) is 73.0 Å². The van der Waals surface area contributed by atoms with Crippen LogP contribution >= 0.6 is 15.9 Å². The van der Waals surface area contributed by atoms with Gasteiger partial charge in [0.15, 0.2) is 0 Å². The molecule has 0 atom stereocenters. The first kappa shape index (κ1) is 14.0. The minimum atomic E-state index is -0.189. The second-order valence-corrected chi connectivity index (χ2v) is 5.59. The first-order valence-electron chi connectivity index (χ1n) is 6.63. The molecule has 1 saturated heterocycles. The molecule has 100 valence electrons. The van der Waals surface area contributed by atoms with E-state index in [0.29, 0.717) is 4.47 Å². The first-order chi connectivity index (χ1) is 8.77. The zero-order chi connectivity index (χ0) is 12.8. The molecule has 1 N–H and O–H groups in total. The normalized spacial score (nSPS) is 16.3. The number of nitrogens with zero attached hydrogens (tertiary/aromatic N) is 1. The molecule has 0 spiro atoms. The Morgan fingerprint density at radius 3 is 2.83 bits per heavy atom. The molecule has 1 aromatic rings. The van der Waals surface area contributed by atoms with Crippen LogP contribution in [-0.4, -0.2) is 31.1 Å². The van der Waals surface area contributed by atoms with Crippen molar-refractivity contribution in [2.75, 3.05) is 26.2 Å². The van der Waals surface area contributed by atoms with Crippen LogP contribution in [0.1, 0.15) is 24.8 Å². The first-order valence-corrected chi connectivity index (χ1v) is 7.42. The third-order valence-corrected chi connectivity index (χ3v) is 4.26. The van der Waals surface area contributed by atoms with Gasteiger partial charge in [0.25, 0.3) is 0 Å². The third-order valence-electron chi connectivity index (χ3n) is 3.37. The Morgan fingerprint density at radius 1 is 1.28 bits per heavy atom. The molecule has 0 aliphatic carbocycles. The fourth-order valence-corrected chi connectivity index (χ4v) is 2.75. The van der Waals surface area contributed by atoms with Crippen LogP contribution < -0.4 is 5.32 Å². The summed E-state index contributed by atoms with van der Waals surface area (Å²) in [6.45, 7) is 5.40. The lowest BCUT2D eigenvalue weighted by atomic mass is 10.2. The SMILES string of the molecule is Fc1cccc(CNCCCN2CCCC2)c1Br. The number of rotatable bonds is 6. The van der Waals surface area contributed by atoms with E-state index in [2.05, 4.69) is 26.1 Å². The number of benzene rings is 1. The molecule has 18 heavy (non-hydrogen) atoms. The summed E-state index contributed by atoms with van der Waals surface area (Å²) in [5.74, 6) is -0.189. The second kappa shape index (κ2) is 7.22. The van der Waals surface area contributed by atoms with Gasteiger partial charge in [-0.1, -0.05) is 12.1 Å². The van der Waals surface area contributed by atoms with Gasteiger partial charge in [-0.15, -0.1) is 0 Å². The highest BCUT2D eigenvalue weighted by Gasteiger charge is 2.10. The number of hydrogen-bond donors (Lipinski definition) is 1. The van der Waals surface area contributed by atoms with E-state index in [1.165, 1.54) is 38.5 Å². The predicted molar refractivity (Wildman–Crippen MR) is 76.1 cm³/mol. The Balaban J connectivity index is 1.64. The Morgan fingerprint density at radius 2 is 2.06 bits per heavy atom. The molecule has 2 nitrogen and oxygen atoms in total. The minimum Gasteiger partial charge on any atom is -0.313 e. The highest BCUT2D eigenvalue weighted by molar-refractivity contribution is 9.10. The van der Waals surface area contributed by atoms with E-state index >= 15 is 0 Å². The Hall–Kier alpha value is -0.450. The van der Waals surface area contributed by atoms with E-state index in [1.54, 1.807) is 6.07 Å². The van der Waals surface area contributed by atoms with Crippen LogP contribution in [-0.2, 0) is 6.54 Å². The zero-order valence-corrected chi connectivity index (χ0v) is 12.2. The van der Waals surface area contributed by atoms with Gasteiger partial charge in [0, 0.05) is 6.54 Å². The number of likely N-dealkylation sites (tertiary alicyclic amines) is 1. The van der Waals surface area contributed by atoms with Gasteiger partial charge in [-0.25, -0.2) is 4.39 Å². The Bertz CT molecular complexity index is 378. The molecule has 0 unspecified atom stereocenters. The van der Waals surface area contributed by atoms with E-state index in [9.17, 15) is 4.39 Å². The standard InChI is InChI=1S/C14H20BrFN2/c15-14-12(5-3-6-13(14)16)11-17-7-4-10-18-8-1-2-9-18/h3,5-6,17H,1-2,4,7-11H2. The van der Waals surface area contributed by atoms with E-state index in [-0.39, 0.29) is 5.82 Å². The van der Waals surface area contributed by atoms with E-state index in [1.807, 2.05) is 6.07 Å². The molecular formula is C14H20BrFN2. The molecule has 0 saturated carbocycles. The molecule has 0 bridgehead atoms. The summed E-state index contributed by atoms with van der Waals surface area (Å²) in [6, 6.07) is 5.17. The van der Waals surface area contributed by atoms with Crippen molar-refractivity contribution in [2.24, 2.45) is 0 Å². The lowest BCUT2D eigenvalue weighted by Crippen LogP contribution is -2.24. The largest absolute Gasteiger partial charge is 0.313 e. The van der Waals surface area contributed by atoms with Crippen molar-refractivity contribution in [2.45, 2.75) is 25.8 Å². The Kier molecular flexibility index (Phi) is 5.60. The van der Waals surface area contributed by atoms with Gasteiger partial charge in [-0.3, -0.25) is 0 Å². The average Bonchev–Trinajstić information content (AvgIpc) is 2.87. The summed E-state index contributed by atoms with van der Waals surface area (Å²) in [5.41, 5.74) is 0.983. The van der Waals surface area contributed by atoms with Gasteiger partial charge >= 0.3 is 0 Å². The zero-order valence-electron chi connectivity index (χ0n) is 10.6. The quantitative estimate of drug-likeness (QED) is 0.811. The highest BCUT2D eigenvalue weighted by Crippen LogP contribution is 2.19. The van der Waals surface area contributed by atoms with Gasteiger partial charge in [0.05, 0.1) is 4.47 Å². The monoisotopic (exact) mass is 314 g/mol. The second-order valence-electron chi connectivity index (χ2n) is 4.79. The van der Waals surface area contributed by atoms with Crippen molar-refractivity contribution in [1.29, 1.82) is 0 Å². The highest BCUT2D eigenvalue weighted by atomic mass is 79.9. The third kappa shape index (κ3) is 4.04. The lowest BCUT2D eigenvalue weighted by Gasteiger charge is -2.14. The summed E-state index contributed by atoms with van der Waals surface area (Å²) < 4.78 is 13.9. The number of halogens is 2. The van der Waals surface area contributed by atoms with E-state index in [0.717, 1.165) is 25.1 Å². The molecule has 0 radical (unpaired) electrons. The molecule has 4 heteroatoms. The van der Waals surface area contributed by atoms with Crippen molar-refractivity contribution in [3.05, 3.63) is 34.1 Å². The van der Waals surface area contributed by atoms with E-state index in [4.69, 9.17) is 0 Å². The summed E-state index contributed by atoms with van der Waals surface area (Å²) in [6.07, 6.45) is 3.86. The van der Waals surface area contributed by atoms with Crippen LogP contribution in [0.15, 0.2) is 22.7 Å². The van der Waals surface area contributed by atoms with Crippen LogP contribution in [0.25, 0.3) is 0 Å². The summed E-state index contributed by atoms with van der Waals surface area (Å²) >= 11 is 3.28. The molecule has 1 aliphatic rings. The van der Waals surface area contributed by atoms with Gasteiger partial charge < -0.3 is 10.2 Å². The lowest BCUT2D eigenvalue weighted by molar-refractivity contribution is 0.331. The van der Waals surface area contributed by atoms with Crippen LogP contribution in [0.5, 0.6) is 0 Å². The fraction of sp³-hybridized carbons (Fsp3) is 0.571. The van der Waals surface area contributed by atoms with Crippen molar-refractivity contribution in [3.8, 4) is 0 Å². The molecule has 1 aromatic carbocycles. The van der Waals surface area contributed by atoms with Gasteiger partial charge in [0.1, 0.15) is 5.82 Å². The summed E-state index contributed by atoms with van der Waals surface area (Å²) in [4.78, 5) is 2.51. The van der Waals surface area contributed by atoms with Crippen LogP contribution in [0.3, 0.4) is 0 Å².